The number of carbonyl (C=O) groups excluding carboxylic acids is 1. The third-order valence-electron chi connectivity index (χ3n) is 3.21. The van der Waals surface area contributed by atoms with Crippen LogP contribution < -0.4 is 5.32 Å². The van der Waals surface area contributed by atoms with Gasteiger partial charge in [0.1, 0.15) is 6.61 Å². The number of rotatable bonds is 4. The zero-order chi connectivity index (χ0) is 13.4. The summed E-state index contributed by atoms with van der Waals surface area (Å²) in [5.74, 6) is -0.925. The standard InChI is InChI=1S/C13H21NO4/c1-2-9-18-13(17)14-11-7-3-5-10(12(15)16)6-4-8-11/h2,10-11H,1,3-9H2,(H,14,17)(H,15,16). The zero-order valence-electron chi connectivity index (χ0n) is 10.6. The van der Waals surface area contributed by atoms with Crippen molar-refractivity contribution in [3.05, 3.63) is 12.7 Å². The van der Waals surface area contributed by atoms with Crippen molar-refractivity contribution < 1.29 is 19.4 Å². The number of hydrogen-bond donors (Lipinski definition) is 2. The molecule has 5 nitrogen and oxygen atoms in total. The van der Waals surface area contributed by atoms with Crippen LogP contribution in [0.1, 0.15) is 38.5 Å². The summed E-state index contributed by atoms with van der Waals surface area (Å²) in [4.78, 5) is 22.3. The molecule has 2 N–H and O–H groups in total. The van der Waals surface area contributed by atoms with Crippen LogP contribution in [0.2, 0.25) is 0 Å². The van der Waals surface area contributed by atoms with Gasteiger partial charge in [-0.05, 0) is 25.7 Å². The molecule has 0 aromatic carbocycles. The van der Waals surface area contributed by atoms with Crippen LogP contribution in [0.25, 0.3) is 0 Å². The Hall–Kier alpha value is -1.52. The highest BCUT2D eigenvalue weighted by molar-refractivity contribution is 5.70. The molecule has 18 heavy (non-hydrogen) atoms. The quantitative estimate of drug-likeness (QED) is 0.756. The Bertz CT molecular complexity index is 293. The fourth-order valence-electron chi connectivity index (χ4n) is 2.24. The Balaban J connectivity index is 2.31. The van der Waals surface area contributed by atoms with E-state index in [2.05, 4.69) is 11.9 Å². The first-order valence-electron chi connectivity index (χ1n) is 6.40. The highest BCUT2D eigenvalue weighted by Gasteiger charge is 2.22. The van der Waals surface area contributed by atoms with Crippen molar-refractivity contribution in [3.63, 3.8) is 0 Å². The van der Waals surface area contributed by atoms with E-state index in [0.29, 0.717) is 12.8 Å². The topological polar surface area (TPSA) is 75.6 Å². The van der Waals surface area contributed by atoms with Gasteiger partial charge in [-0.25, -0.2) is 4.79 Å². The lowest BCUT2D eigenvalue weighted by molar-refractivity contribution is -0.142. The Morgan fingerprint density at radius 2 is 1.89 bits per heavy atom. The SMILES string of the molecule is C=CCOC(=O)NC1CCCC(C(=O)O)CCC1. The second-order valence-electron chi connectivity index (χ2n) is 4.63. The molecule has 102 valence electrons. The number of carboxylic acids is 1. The highest BCUT2D eigenvalue weighted by atomic mass is 16.5. The van der Waals surface area contributed by atoms with Crippen molar-refractivity contribution >= 4 is 12.1 Å². The van der Waals surface area contributed by atoms with Crippen LogP contribution in [0.15, 0.2) is 12.7 Å². The largest absolute Gasteiger partial charge is 0.481 e. The molecule has 1 fully saturated rings. The lowest BCUT2D eigenvalue weighted by Gasteiger charge is -2.23. The van der Waals surface area contributed by atoms with Gasteiger partial charge in [-0.15, -0.1) is 0 Å². The fourth-order valence-corrected chi connectivity index (χ4v) is 2.24. The van der Waals surface area contributed by atoms with Gasteiger partial charge in [0.15, 0.2) is 0 Å². The summed E-state index contributed by atoms with van der Waals surface area (Å²) in [6, 6.07) is 0.0945. The summed E-state index contributed by atoms with van der Waals surface area (Å²) >= 11 is 0. The molecule has 1 rings (SSSR count). The van der Waals surface area contributed by atoms with Crippen LogP contribution in [0.4, 0.5) is 4.79 Å². The van der Waals surface area contributed by atoms with Crippen molar-refractivity contribution in [1.82, 2.24) is 5.32 Å². The van der Waals surface area contributed by atoms with Gasteiger partial charge in [-0.2, -0.15) is 0 Å². The van der Waals surface area contributed by atoms with E-state index in [1.807, 2.05) is 0 Å². The molecule has 1 saturated carbocycles. The van der Waals surface area contributed by atoms with Crippen molar-refractivity contribution in [1.29, 1.82) is 0 Å². The van der Waals surface area contributed by atoms with Gasteiger partial charge in [0, 0.05) is 6.04 Å². The molecule has 1 aliphatic rings. The molecule has 5 heteroatoms. The minimum absolute atomic E-state index is 0.0945. The maximum atomic E-state index is 11.4. The molecule has 0 aromatic heterocycles. The van der Waals surface area contributed by atoms with Crippen LogP contribution in [0.3, 0.4) is 0 Å². The van der Waals surface area contributed by atoms with Gasteiger partial charge in [0.2, 0.25) is 0 Å². The van der Waals surface area contributed by atoms with Crippen molar-refractivity contribution in [2.24, 2.45) is 5.92 Å². The molecule has 0 aromatic rings. The first kappa shape index (κ1) is 14.5. The van der Waals surface area contributed by atoms with Gasteiger partial charge in [-0.1, -0.05) is 25.5 Å². The number of aliphatic carboxylic acids is 1. The van der Waals surface area contributed by atoms with E-state index in [1.54, 1.807) is 0 Å². The number of nitrogens with one attached hydrogen (secondary N) is 1. The molecule has 0 aliphatic heterocycles. The highest BCUT2D eigenvalue weighted by Crippen LogP contribution is 2.22. The summed E-state index contributed by atoms with van der Waals surface area (Å²) in [6.45, 7) is 3.68. The van der Waals surface area contributed by atoms with Gasteiger partial charge >= 0.3 is 12.1 Å². The predicted molar refractivity (Wildman–Crippen MR) is 67.3 cm³/mol. The third kappa shape index (κ3) is 5.21. The molecule has 0 saturated heterocycles. The molecule has 0 heterocycles. The van der Waals surface area contributed by atoms with E-state index in [4.69, 9.17) is 9.84 Å². The molecular weight excluding hydrogens is 234 g/mol. The van der Waals surface area contributed by atoms with E-state index in [-0.39, 0.29) is 18.6 Å². The fraction of sp³-hybridized carbons (Fsp3) is 0.692. The van der Waals surface area contributed by atoms with Crippen LogP contribution in [-0.2, 0) is 9.53 Å². The number of amides is 1. The van der Waals surface area contributed by atoms with E-state index in [0.717, 1.165) is 25.7 Å². The number of carbonyl (C=O) groups is 2. The van der Waals surface area contributed by atoms with Gasteiger partial charge in [0.05, 0.1) is 5.92 Å². The molecule has 0 unspecified atom stereocenters. The van der Waals surface area contributed by atoms with Crippen molar-refractivity contribution in [3.8, 4) is 0 Å². The minimum atomic E-state index is -0.702. The molecular formula is C13H21NO4. The van der Waals surface area contributed by atoms with Gasteiger partial charge in [-0.3, -0.25) is 4.79 Å². The average molecular weight is 255 g/mol. The average Bonchev–Trinajstić information content (AvgIpc) is 2.29. The number of carboxylic acid groups (broad SMARTS) is 1. The summed E-state index contributed by atoms with van der Waals surface area (Å²) in [7, 11) is 0. The maximum absolute atomic E-state index is 11.4. The number of ether oxygens (including phenoxy) is 1. The predicted octanol–water partition coefficient (Wildman–Crippen LogP) is 2.32. The van der Waals surface area contributed by atoms with E-state index in [1.165, 1.54) is 6.08 Å². The van der Waals surface area contributed by atoms with E-state index >= 15 is 0 Å². The zero-order valence-corrected chi connectivity index (χ0v) is 10.6. The Kier molecular flexibility index (Phi) is 6.25. The number of alkyl carbamates (subject to hydrolysis) is 1. The van der Waals surface area contributed by atoms with Crippen LogP contribution >= 0.6 is 0 Å². The lowest BCUT2D eigenvalue weighted by atomic mass is 9.89. The Morgan fingerprint density at radius 3 is 2.39 bits per heavy atom. The first-order chi connectivity index (χ1) is 8.63. The summed E-state index contributed by atoms with van der Waals surface area (Å²) < 4.78 is 4.86. The molecule has 0 bridgehead atoms. The Morgan fingerprint density at radius 1 is 1.28 bits per heavy atom. The second-order valence-corrected chi connectivity index (χ2v) is 4.63. The van der Waals surface area contributed by atoms with Crippen molar-refractivity contribution in [2.45, 2.75) is 44.6 Å². The van der Waals surface area contributed by atoms with Gasteiger partial charge in [0.25, 0.3) is 0 Å². The lowest BCUT2D eigenvalue weighted by Crippen LogP contribution is -2.36. The maximum Gasteiger partial charge on any atom is 0.407 e. The van der Waals surface area contributed by atoms with Crippen LogP contribution in [0, 0.1) is 5.92 Å². The molecule has 0 radical (unpaired) electrons. The van der Waals surface area contributed by atoms with E-state index < -0.39 is 12.1 Å². The molecule has 0 atom stereocenters. The minimum Gasteiger partial charge on any atom is -0.481 e. The molecule has 1 aliphatic carbocycles. The van der Waals surface area contributed by atoms with Crippen LogP contribution in [-0.4, -0.2) is 29.8 Å². The Labute approximate surface area is 107 Å². The van der Waals surface area contributed by atoms with E-state index in [9.17, 15) is 9.59 Å². The summed E-state index contributed by atoms with van der Waals surface area (Å²) in [5.41, 5.74) is 0. The summed E-state index contributed by atoms with van der Waals surface area (Å²) in [5, 5.41) is 11.8. The molecule has 0 spiro atoms. The van der Waals surface area contributed by atoms with Crippen molar-refractivity contribution in [2.75, 3.05) is 6.61 Å². The number of hydrogen-bond acceptors (Lipinski definition) is 3. The molecule has 1 amide bonds. The monoisotopic (exact) mass is 255 g/mol. The normalized spacial score (nSPS) is 24.4. The third-order valence-corrected chi connectivity index (χ3v) is 3.21. The first-order valence-corrected chi connectivity index (χ1v) is 6.40. The summed E-state index contributed by atoms with van der Waals surface area (Å²) in [6.07, 6.45) is 5.75. The second kappa shape index (κ2) is 7.74. The van der Waals surface area contributed by atoms with Gasteiger partial charge < -0.3 is 15.2 Å². The van der Waals surface area contributed by atoms with Crippen LogP contribution in [0.5, 0.6) is 0 Å². The smallest absolute Gasteiger partial charge is 0.407 e.